The van der Waals surface area contributed by atoms with E-state index >= 15 is 0 Å². The summed E-state index contributed by atoms with van der Waals surface area (Å²) in [6.07, 6.45) is 0.0200. The fourth-order valence-electron chi connectivity index (χ4n) is 3.23. The van der Waals surface area contributed by atoms with Gasteiger partial charge in [0, 0.05) is 5.69 Å². The Morgan fingerprint density at radius 2 is 1.48 bits per heavy atom. The number of carbonyl (C=O) groups is 2. The Hall–Kier alpha value is -3.60. The molecular formula is C26H27NO4. The molecule has 0 aromatic heterocycles. The molecule has 0 fully saturated rings. The van der Waals surface area contributed by atoms with Crippen LogP contribution in [0.1, 0.15) is 49.0 Å². The lowest BCUT2D eigenvalue weighted by Crippen LogP contribution is -2.30. The lowest BCUT2D eigenvalue weighted by molar-refractivity contribution is -0.123. The molecule has 0 saturated carbocycles. The van der Waals surface area contributed by atoms with Crippen LogP contribution in [-0.4, -0.2) is 23.1 Å². The summed E-state index contributed by atoms with van der Waals surface area (Å²) in [5, 5.41) is 12.3. The number of phenolic OH excluding ortho intramolecular Hbond substituents is 1. The molecule has 0 bridgehead atoms. The molecule has 0 aliphatic carbocycles. The van der Waals surface area contributed by atoms with Gasteiger partial charge in [-0.25, -0.2) is 4.79 Å². The maximum atomic E-state index is 12.6. The van der Waals surface area contributed by atoms with E-state index < -0.39 is 12.1 Å². The van der Waals surface area contributed by atoms with Gasteiger partial charge in [0.15, 0.2) is 6.10 Å². The topological polar surface area (TPSA) is 75.6 Å². The molecule has 160 valence electrons. The Morgan fingerprint density at radius 3 is 2.10 bits per heavy atom. The molecule has 1 amide bonds. The summed E-state index contributed by atoms with van der Waals surface area (Å²) in [6.45, 7) is 5.76. The number of benzene rings is 3. The van der Waals surface area contributed by atoms with Crippen molar-refractivity contribution in [2.75, 3.05) is 5.32 Å². The minimum Gasteiger partial charge on any atom is -0.508 e. The van der Waals surface area contributed by atoms with Crippen LogP contribution in [0.3, 0.4) is 0 Å². The molecule has 0 unspecified atom stereocenters. The van der Waals surface area contributed by atoms with Gasteiger partial charge in [-0.05, 0) is 66.3 Å². The number of hydrogen-bond donors (Lipinski definition) is 2. The van der Waals surface area contributed by atoms with Crippen LogP contribution in [0.4, 0.5) is 5.69 Å². The lowest BCUT2D eigenvalue weighted by atomic mass is 9.97. The Kier molecular flexibility index (Phi) is 7.08. The zero-order valence-electron chi connectivity index (χ0n) is 18.0. The first-order valence-corrected chi connectivity index (χ1v) is 10.4. The first-order chi connectivity index (χ1) is 14.9. The molecule has 2 atom stereocenters. The summed E-state index contributed by atoms with van der Waals surface area (Å²) in [7, 11) is 0. The Balaban J connectivity index is 1.64. The lowest BCUT2D eigenvalue weighted by Gasteiger charge is -2.18. The van der Waals surface area contributed by atoms with Crippen LogP contribution in [0, 0.1) is 0 Å². The van der Waals surface area contributed by atoms with E-state index in [0.29, 0.717) is 11.5 Å². The Morgan fingerprint density at radius 1 is 0.903 bits per heavy atom. The number of hydrogen-bond acceptors (Lipinski definition) is 4. The van der Waals surface area contributed by atoms with Crippen molar-refractivity contribution >= 4 is 17.6 Å². The smallest absolute Gasteiger partial charge is 0.338 e. The molecule has 0 radical (unpaired) electrons. The zero-order valence-corrected chi connectivity index (χ0v) is 18.0. The van der Waals surface area contributed by atoms with Gasteiger partial charge in [0.25, 0.3) is 5.91 Å². The number of amides is 1. The van der Waals surface area contributed by atoms with Gasteiger partial charge < -0.3 is 15.2 Å². The van der Waals surface area contributed by atoms with E-state index in [9.17, 15) is 14.7 Å². The van der Waals surface area contributed by atoms with Crippen molar-refractivity contribution in [3.8, 4) is 16.9 Å². The SMILES string of the molecule is CC[C@H](C)c1ccccc1NC(=O)[C@H](C)OC(=O)c1ccc(-c2ccc(O)cc2)cc1. The number of aromatic hydroxyl groups is 1. The van der Waals surface area contributed by atoms with Crippen LogP contribution in [0.25, 0.3) is 11.1 Å². The highest BCUT2D eigenvalue weighted by Gasteiger charge is 2.20. The van der Waals surface area contributed by atoms with Gasteiger partial charge in [-0.15, -0.1) is 0 Å². The molecule has 0 aliphatic rings. The molecule has 5 nitrogen and oxygen atoms in total. The fourth-order valence-corrected chi connectivity index (χ4v) is 3.23. The van der Waals surface area contributed by atoms with E-state index in [0.717, 1.165) is 28.8 Å². The third-order valence-corrected chi connectivity index (χ3v) is 5.34. The molecule has 5 heteroatoms. The van der Waals surface area contributed by atoms with E-state index in [-0.39, 0.29) is 11.7 Å². The van der Waals surface area contributed by atoms with Gasteiger partial charge in [-0.3, -0.25) is 4.79 Å². The number of nitrogens with one attached hydrogen (secondary N) is 1. The normalized spacial score (nSPS) is 12.6. The number of anilines is 1. The monoisotopic (exact) mass is 417 g/mol. The summed E-state index contributed by atoms with van der Waals surface area (Å²) in [5.41, 5.74) is 3.99. The van der Waals surface area contributed by atoms with Gasteiger partial charge in [0.2, 0.25) is 0 Å². The molecule has 2 N–H and O–H groups in total. The van der Waals surface area contributed by atoms with Gasteiger partial charge in [0.1, 0.15) is 5.75 Å². The van der Waals surface area contributed by atoms with Gasteiger partial charge in [-0.1, -0.05) is 56.3 Å². The van der Waals surface area contributed by atoms with E-state index in [1.807, 2.05) is 24.3 Å². The standard InChI is InChI=1S/C26H27NO4/c1-4-17(2)23-7-5-6-8-24(23)27-25(29)18(3)31-26(30)21-11-9-19(10-12-21)20-13-15-22(28)16-14-20/h5-18,28H,4H2,1-3H3,(H,27,29)/t17-,18-/m0/s1. The minimum atomic E-state index is -0.936. The van der Waals surface area contributed by atoms with Crippen molar-refractivity contribution in [3.05, 3.63) is 83.9 Å². The molecule has 0 aliphatic heterocycles. The van der Waals surface area contributed by atoms with Crippen molar-refractivity contribution in [3.63, 3.8) is 0 Å². The van der Waals surface area contributed by atoms with E-state index in [1.54, 1.807) is 55.5 Å². The van der Waals surface area contributed by atoms with Gasteiger partial charge in [-0.2, -0.15) is 0 Å². The average Bonchev–Trinajstić information content (AvgIpc) is 2.79. The number of esters is 1. The van der Waals surface area contributed by atoms with Gasteiger partial charge in [0.05, 0.1) is 5.56 Å². The third kappa shape index (κ3) is 5.51. The molecule has 3 aromatic carbocycles. The molecule has 3 aromatic rings. The maximum Gasteiger partial charge on any atom is 0.338 e. The fraction of sp³-hybridized carbons (Fsp3) is 0.231. The van der Waals surface area contributed by atoms with Crippen molar-refractivity contribution in [2.24, 2.45) is 0 Å². The average molecular weight is 418 g/mol. The largest absolute Gasteiger partial charge is 0.508 e. The summed E-state index contributed by atoms with van der Waals surface area (Å²) in [5.74, 6) is -0.427. The quantitative estimate of drug-likeness (QED) is 0.480. The highest BCUT2D eigenvalue weighted by atomic mass is 16.5. The molecule has 31 heavy (non-hydrogen) atoms. The summed E-state index contributed by atoms with van der Waals surface area (Å²) >= 11 is 0. The van der Waals surface area contributed by atoms with Crippen LogP contribution in [-0.2, 0) is 9.53 Å². The first kappa shape index (κ1) is 22.1. The van der Waals surface area contributed by atoms with Crippen LogP contribution in [0.5, 0.6) is 5.75 Å². The Labute approximate surface area is 182 Å². The molecule has 0 heterocycles. The number of ether oxygens (including phenoxy) is 1. The highest BCUT2D eigenvalue weighted by molar-refractivity contribution is 5.98. The predicted molar refractivity (Wildman–Crippen MR) is 122 cm³/mol. The zero-order chi connectivity index (χ0) is 22.4. The third-order valence-electron chi connectivity index (χ3n) is 5.34. The number of carbonyl (C=O) groups excluding carboxylic acids is 2. The molecule has 0 spiro atoms. The number of rotatable bonds is 7. The van der Waals surface area contributed by atoms with Crippen molar-refractivity contribution in [2.45, 2.75) is 39.2 Å². The second kappa shape index (κ2) is 9.94. The summed E-state index contributed by atoms with van der Waals surface area (Å²) in [6, 6.07) is 21.4. The number of para-hydroxylation sites is 1. The minimum absolute atomic E-state index is 0.197. The number of phenols is 1. The van der Waals surface area contributed by atoms with E-state index in [4.69, 9.17) is 4.74 Å². The highest BCUT2D eigenvalue weighted by Crippen LogP contribution is 2.27. The van der Waals surface area contributed by atoms with Crippen LogP contribution >= 0.6 is 0 Å². The van der Waals surface area contributed by atoms with Crippen LogP contribution < -0.4 is 5.32 Å². The molecule has 3 rings (SSSR count). The van der Waals surface area contributed by atoms with Gasteiger partial charge >= 0.3 is 5.97 Å². The maximum absolute atomic E-state index is 12.6. The van der Waals surface area contributed by atoms with Crippen LogP contribution in [0.2, 0.25) is 0 Å². The van der Waals surface area contributed by atoms with Crippen LogP contribution in [0.15, 0.2) is 72.8 Å². The molecule has 0 saturated heterocycles. The van der Waals surface area contributed by atoms with Crippen molar-refractivity contribution in [1.29, 1.82) is 0 Å². The van der Waals surface area contributed by atoms with E-state index in [1.165, 1.54) is 0 Å². The Bertz CT molecular complexity index is 1040. The van der Waals surface area contributed by atoms with E-state index in [2.05, 4.69) is 19.2 Å². The second-order valence-corrected chi connectivity index (χ2v) is 7.56. The second-order valence-electron chi connectivity index (χ2n) is 7.56. The summed E-state index contributed by atoms with van der Waals surface area (Å²) < 4.78 is 5.37. The summed E-state index contributed by atoms with van der Waals surface area (Å²) in [4.78, 5) is 25.1. The predicted octanol–water partition coefficient (Wildman–Crippen LogP) is 5.76. The van der Waals surface area contributed by atoms with Crippen molar-refractivity contribution in [1.82, 2.24) is 0 Å². The van der Waals surface area contributed by atoms with Crippen molar-refractivity contribution < 1.29 is 19.4 Å². The molecular weight excluding hydrogens is 390 g/mol. The first-order valence-electron chi connectivity index (χ1n) is 10.4.